The fourth-order valence-corrected chi connectivity index (χ4v) is 2.17. The molecule has 90 valence electrons. The highest BCUT2D eigenvalue weighted by Crippen LogP contribution is 2.31. The fourth-order valence-electron chi connectivity index (χ4n) is 1.92. The second kappa shape index (κ2) is 4.57. The molecule has 0 saturated heterocycles. The Bertz CT molecular complexity index is 402. The lowest BCUT2D eigenvalue weighted by Crippen LogP contribution is -2.35. The number of nitrogens with zero attached hydrogens (tertiary/aromatic N) is 3. The van der Waals surface area contributed by atoms with Gasteiger partial charge in [0.2, 0.25) is 5.95 Å². The zero-order chi connectivity index (χ0) is 11.7. The number of hydrogen-bond donors (Lipinski definition) is 1. The maximum Gasteiger partial charge on any atom is 0.225 e. The molecule has 16 heavy (non-hydrogen) atoms. The molecule has 1 aromatic heterocycles. The monoisotopic (exact) mass is 240 g/mol. The Morgan fingerprint density at radius 2 is 2.25 bits per heavy atom. The van der Waals surface area contributed by atoms with Crippen molar-refractivity contribution < 1.29 is 0 Å². The first-order valence-electron chi connectivity index (χ1n) is 6.05. The average molecular weight is 240 g/mol. The molecule has 0 aliphatic heterocycles. The van der Waals surface area contributed by atoms with E-state index in [2.05, 4.69) is 40.4 Å². The molecule has 0 aromatic carbocycles. The highest BCUT2D eigenvalue weighted by Gasteiger charge is 2.27. The summed E-state index contributed by atoms with van der Waals surface area (Å²) in [5, 5.41) is 7.25. The average Bonchev–Trinajstić information content (AvgIpc) is 2.98. The van der Waals surface area contributed by atoms with E-state index >= 15 is 0 Å². The van der Waals surface area contributed by atoms with Gasteiger partial charge in [-0.05, 0) is 51.7 Å². The van der Waals surface area contributed by atoms with Crippen LogP contribution in [0, 0.1) is 10.7 Å². The van der Waals surface area contributed by atoms with Crippen molar-refractivity contribution in [2.75, 3.05) is 11.4 Å². The van der Waals surface area contributed by atoms with Crippen LogP contribution in [0.4, 0.5) is 5.95 Å². The van der Waals surface area contributed by atoms with E-state index in [1.165, 1.54) is 12.8 Å². The highest BCUT2D eigenvalue weighted by atomic mass is 32.1. The van der Waals surface area contributed by atoms with Crippen molar-refractivity contribution in [1.82, 2.24) is 14.8 Å². The van der Waals surface area contributed by atoms with E-state index < -0.39 is 0 Å². The minimum Gasteiger partial charge on any atom is -0.338 e. The molecule has 5 heteroatoms. The van der Waals surface area contributed by atoms with Gasteiger partial charge in [0.1, 0.15) is 0 Å². The van der Waals surface area contributed by atoms with Gasteiger partial charge < -0.3 is 4.90 Å². The van der Waals surface area contributed by atoms with Crippen molar-refractivity contribution >= 4 is 18.2 Å². The van der Waals surface area contributed by atoms with Crippen molar-refractivity contribution in [3.63, 3.8) is 0 Å². The molecule has 1 aromatic rings. The summed E-state index contributed by atoms with van der Waals surface area (Å²) in [4.78, 5) is 2.35. The van der Waals surface area contributed by atoms with Crippen molar-refractivity contribution in [1.29, 1.82) is 0 Å². The molecule has 0 amide bonds. The first-order chi connectivity index (χ1) is 7.63. The van der Waals surface area contributed by atoms with Crippen LogP contribution < -0.4 is 4.90 Å². The molecule has 1 N–H and O–H groups in total. The van der Waals surface area contributed by atoms with Crippen molar-refractivity contribution in [2.45, 2.75) is 46.2 Å². The van der Waals surface area contributed by atoms with Crippen molar-refractivity contribution in [2.24, 2.45) is 5.92 Å². The Kier molecular flexibility index (Phi) is 3.33. The molecule has 0 unspecified atom stereocenters. The van der Waals surface area contributed by atoms with E-state index in [-0.39, 0.29) is 0 Å². The Morgan fingerprint density at radius 3 is 2.75 bits per heavy atom. The first kappa shape index (κ1) is 11.6. The van der Waals surface area contributed by atoms with E-state index in [0.717, 1.165) is 29.7 Å². The number of hydrogen-bond acceptors (Lipinski definition) is 3. The lowest BCUT2D eigenvalue weighted by molar-refractivity contribution is 0.601. The Morgan fingerprint density at radius 1 is 1.56 bits per heavy atom. The van der Waals surface area contributed by atoms with Crippen LogP contribution in [0.1, 0.15) is 33.6 Å². The maximum absolute atomic E-state index is 5.23. The van der Waals surface area contributed by atoms with E-state index in [0.29, 0.717) is 6.04 Å². The molecule has 1 aliphatic rings. The number of nitrogens with one attached hydrogen (secondary N) is 1. The van der Waals surface area contributed by atoms with E-state index in [9.17, 15) is 0 Å². The number of aromatic nitrogens is 3. The molecule has 1 heterocycles. The number of H-pyrrole nitrogens is 1. The van der Waals surface area contributed by atoms with Gasteiger partial charge >= 0.3 is 0 Å². The minimum absolute atomic E-state index is 0.469. The number of aromatic amines is 1. The van der Waals surface area contributed by atoms with Gasteiger partial charge in [0.25, 0.3) is 0 Å². The van der Waals surface area contributed by atoms with Crippen molar-refractivity contribution in [3.05, 3.63) is 4.77 Å². The van der Waals surface area contributed by atoms with Gasteiger partial charge in [-0.2, -0.15) is 0 Å². The molecular weight excluding hydrogens is 220 g/mol. The number of anilines is 1. The van der Waals surface area contributed by atoms with Gasteiger partial charge in [0.15, 0.2) is 4.77 Å². The van der Waals surface area contributed by atoms with Crippen LogP contribution in [-0.4, -0.2) is 27.4 Å². The maximum atomic E-state index is 5.23. The molecular formula is C11H20N4S. The summed E-state index contributed by atoms with van der Waals surface area (Å²) < 4.78 is 2.79. The predicted octanol–water partition coefficient (Wildman–Crippen LogP) is 2.59. The highest BCUT2D eigenvalue weighted by molar-refractivity contribution is 7.71. The fraction of sp³-hybridized carbons (Fsp3) is 0.818. The lowest BCUT2D eigenvalue weighted by atomic mass is 10.3. The van der Waals surface area contributed by atoms with E-state index in [1.54, 1.807) is 0 Å². The third kappa shape index (κ3) is 2.29. The van der Waals surface area contributed by atoms with Crippen LogP contribution in [0.5, 0.6) is 0 Å². The van der Waals surface area contributed by atoms with Crippen molar-refractivity contribution in [3.8, 4) is 0 Å². The topological polar surface area (TPSA) is 36.9 Å². The van der Waals surface area contributed by atoms with E-state index in [1.807, 2.05) is 0 Å². The lowest BCUT2D eigenvalue weighted by Gasteiger charge is -2.27. The zero-order valence-corrected chi connectivity index (χ0v) is 11.0. The molecule has 4 nitrogen and oxygen atoms in total. The molecule has 1 aliphatic carbocycles. The Hall–Kier alpha value is -0.840. The smallest absolute Gasteiger partial charge is 0.225 e. The number of rotatable bonds is 5. The van der Waals surface area contributed by atoms with Gasteiger partial charge in [0, 0.05) is 19.1 Å². The van der Waals surface area contributed by atoms with Crippen LogP contribution in [0.2, 0.25) is 0 Å². The second-order valence-corrected chi connectivity index (χ2v) is 5.15. The van der Waals surface area contributed by atoms with Gasteiger partial charge in [-0.3, -0.25) is 4.57 Å². The van der Waals surface area contributed by atoms with Crippen LogP contribution in [0.3, 0.4) is 0 Å². The molecule has 0 spiro atoms. The van der Waals surface area contributed by atoms with Gasteiger partial charge in [-0.25, -0.2) is 5.10 Å². The summed E-state index contributed by atoms with van der Waals surface area (Å²) in [5.41, 5.74) is 0. The largest absolute Gasteiger partial charge is 0.338 e. The first-order valence-corrected chi connectivity index (χ1v) is 6.46. The van der Waals surface area contributed by atoms with E-state index in [4.69, 9.17) is 12.2 Å². The summed E-state index contributed by atoms with van der Waals surface area (Å²) in [6.07, 6.45) is 2.72. The van der Waals surface area contributed by atoms with Crippen LogP contribution in [0.25, 0.3) is 0 Å². The Balaban J connectivity index is 2.25. The van der Waals surface area contributed by atoms with Crippen LogP contribution in [0.15, 0.2) is 0 Å². The quantitative estimate of drug-likeness (QED) is 0.804. The van der Waals surface area contributed by atoms with Crippen LogP contribution in [-0.2, 0) is 6.54 Å². The third-order valence-corrected chi connectivity index (χ3v) is 3.40. The summed E-state index contributed by atoms with van der Waals surface area (Å²) in [7, 11) is 0. The minimum atomic E-state index is 0.469. The summed E-state index contributed by atoms with van der Waals surface area (Å²) in [5.74, 6) is 1.85. The molecule has 1 saturated carbocycles. The SMILES string of the molecule is CCn1c(N(CC2CC2)C(C)C)n[nH]c1=S. The molecule has 1 fully saturated rings. The normalized spacial score (nSPS) is 15.8. The van der Waals surface area contributed by atoms with Gasteiger partial charge in [-0.1, -0.05) is 0 Å². The zero-order valence-electron chi connectivity index (χ0n) is 10.2. The molecule has 2 rings (SSSR count). The van der Waals surface area contributed by atoms with Crippen LogP contribution >= 0.6 is 12.2 Å². The third-order valence-electron chi connectivity index (χ3n) is 3.09. The molecule has 0 radical (unpaired) electrons. The van der Waals surface area contributed by atoms with Gasteiger partial charge in [-0.15, -0.1) is 5.10 Å². The predicted molar refractivity (Wildman–Crippen MR) is 68.3 cm³/mol. The summed E-state index contributed by atoms with van der Waals surface area (Å²) >= 11 is 5.23. The molecule has 0 bridgehead atoms. The van der Waals surface area contributed by atoms with Gasteiger partial charge in [0.05, 0.1) is 0 Å². The second-order valence-electron chi connectivity index (χ2n) is 4.76. The summed E-state index contributed by atoms with van der Waals surface area (Å²) in [6.45, 7) is 8.50. The standard InChI is InChI=1S/C11H20N4S/c1-4-14-10(12-13-11(14)16)15(8(2)3)7-9-5-6-9/h8-9H,4-7H2,1-3H3,(H,13,16). The molecule has 0 atom stereocenters. The Labute approximate surface area is 102 Å². The summed E-state index contributed by atoms with van der Waals surface area (Å²) in [6, 6.07) is 0.469.